The Morgan fingerprint density at radius 2 is 1.43 bits per heavy atom. The number of benzene rings is 3. The number of carbonyl (C=O) groups is 3. The van der Waals surface area contributed by atoms with Crippen LogP contribution in [0.1, 0.15) is 26.3 Å². The highest BCUT2D eigenvalue weighted by molar-refractivity contribution is 6.12. The van der Waals surface area contributed by atoms with E-state index < -0.39 is 17.8 Å². The van der Waals surface area contributed by atoms with Gasteiger partial charge in [-0.05, 0) is 36.4 Å². The van der Waals surface area contributed by atoms with Crippen LogP contribution in [0.2, 0.25) is 0 Å². The van der Waals surface area contributed by atoms with E-state index in [1.165, 1.54) is 30.3 Å². The second-order valence-corrected chi connectivity index (χ2v) is 6.24. The first kappa shape index (κ1) is 20.3. The van der Waals surface area contributed by atoms with E-state index in [1.807, 2.05) is 0 Å². The van der Waals surface area contributed by atoms with Gasteiger partial charge in [-0.25, -0.2) is 4.79 Å². The smallest absolute Gasteiger partial charge is 0.337 e. The summed E-state index contributed by atoms with van der Waals surface area (Å²) in [5.74, 6) is -2.55. The zero-order valence-corrected chi connectivity index (χ0v) is 15.7. The average Bonchev–Trinajstić information content (AvgIpc) is 2.75. The van der Waals surface area contributed by atoms with Crippen LogP contribution in [0.3, 0.4) is 0 Å². The van der Waals surface area contributed by atoms with Crippen molar-refractivity contribution in [2.24, 2.45) is 0 Å². The number of hydrogen-bond donors (Lipinski definition) is 4. The molecule has 0 spiro atoms. The number of aromatic hydroxyl groups is 1. The number of carbonyl (C=O) groups excluding carboxylic acids is 2. The lowest BCUT2D eigenvalue weighted by Crippen LogP contribution is -2.31. The van der Waals surface area contributed by atoms with Crippen LogP contribution in [0, 0.1) is 0 Å². The van der Waals surface area contributed by atoms with Crippen molar-refractivity contribution in [3.8, 4) is 5.75 Å². The standard InChI is InChI=1S/C23H18N2O5/c26-20-13-7-4-10-16(20)14-19(25-21(27)15-8-2-1-3-9-15)22(28)24-18-12-6-5-11-17(18)23(29)30/h1-14,26H,(H,24,28)(H,25,27)(H,29,30)/b19-14+. The third-order valence-corrected chi connectivity index (χ3v) is 4.17. The molecule has 7 nitrogen and oxygen atoms in total. The largest absolute Gasteiger partial charge is 0.507 e. The number of anilines is 1. The first-order valence-electron chi connectivity index (χ1n) is 8.95. The Balaban J connectivity index is 1.95. The number of para-hydroxylation sites is 2. The molecule has 0 saturated carbocycles. The van der Waals surface area contributed by atoms with Gasteiger partial charge >= 0.3 is 5.97 Å². The number of nitrogens with one attached hydrogen (secondary N) is 2. The fourth-order valence-electron chi connectivity index (χ4n) is 2.68. The number of carboxylic acid groups (broad SMARTS) is 1. The third kappa shape index (κ3) is 4.90. The van der Waals surface area contributed by atoms with Gasteiger partial charge in [0.2, 0.25) is 0 Å². The van der Waals surface area contributed by atoms with Crippen molar-refractivity contribution in [1.82, 2.24) is 5.32 Å². The Hall–Kier alpha value is -4.39. The van der Waals surface area contributed by atoms with E-state index in [0.29, 0.717) is 11.1 Å². The Labute approximate surface area is 172 Å². The first-order chi connectivity index (χ1) is 14.5. The topological polar surface area (TPSA) is 116 Å². The second-order valence-electron chi connectivity index (χ2n) is 6.24. The van der Waals surface area contributed by atoms with Crippen molar-refractivity contribution in [3.05, 3.63) is 101 Å². The predicted octanol–water partition coefficient (Wildman–Crippen LogP) is 3.50. The summed E-state index contributed by atoms with van der Waals surface area (Å²) in [6.07, 6.45) is 1.31. The van der Waals surface area contributed by atoms with Crippen LogP contribution in [0.5, 0.6) is 5.75 Å². The number of rotatable bonds is 6. The number of aromatic carboxylic acids is 1. The van der Waals surface area contributed by atoms with Crippen molar-refractivity contribution in [1.29, 1.82) is 0 Å². The van der Waals surface area contributed by atoms with E-state index in [-0.39, 0.29) is 22.7 Å². The second kappa shape index (κ2) is 9.20. The van der Waals surface area contributed by atoms with Gasteiger partial charge in [0.15, 0.2) is 0 Å². The number of hydrogen-bond acceptors (Lipinski definition) is 4. The van der Waals surface area contributed by atoms with Crippen molar-refractivity contribution in [2.45, 2.75) is 0 Å². The molecule has 0 fully saturated rings. The molecule has 0 aliphatic rings. The minimum absolute atomic E-state index is 0.0761. The molecule has 2 amide bonds. The Morgan fingerprint density at radius 3 is 2.13 bits per heavy atom. The molecular formula is C23H18N2O5. The van der Waals surface area contributed by atoms with Gasteiger partial charge in [0.25, 0.3) is 11.8 Å². The fraction of sp³-hybridized carbons (Fsp3) is 0. The molecule has 3 rings (SSSR count). The normalized spacial score (nSPS) is 10.9. The van der Waals surface area contributed by atoms with Crippen LogP contribution in [0.4, 0.5) is 5.69 Å². The monoisotopic (exact) mass is 402 g/mol. The first-order valence-corrected chi connectivity index (χ1v) is 8.95. The average molecular weight is 402 g/mol. The minimum Gasteiger partial charge on any atom is -0.507 e. The van der Waals surface area contributed by atoms with Gasteiger partial charge in [-0.3, -0.25) is 9.59 Å². The molecule has 3 aromatic carbocycles. The van der Waals surface area contributed by atoms with Gasteiger partial charge in [-0.2, -0.15) is 0 Å². The maximum absolute atomic E-state index is 12.9. The number of amides is 2. The molecule has 4 N–H and O–H groups in total. The lowest BCUT2D eigenvalue weighted by Gasteiger charge is -2.13. The molecule has 0 aliphatic carbocycles. The quantitative estimate of drug-likeness (QED) is 0.471. The van der Waals surface area contributed by atoms with Crippen molar-refractivity contribution in [3.63, 3.8) is 0 Å². The molecule has 150 valence electrons. The maximum atomic E-state index is 12.9. The highest BCUT2D eigenvalue weighted by Gasteiger charge is 2.18. The zero-order valence-electron chi connectivity index (χ0n) is 15.7. The number of phenols is 1. The third-order valence-electron chi connectivity index (χ3n) is 4.17. The molecule has 0 aromatic heterocycles. The molecule has 7 heteroatoms. The van der Waals surface area contributed by atoms with Crippen molar-refractivity contribution < 1.29 is 24.6 Å². The molecule has 0 atom stereocenters. The van der Waals surface area contributed by atoms with E-state index in [1.54, 1.807) is 54.6 Å². The van der Waals surface area contributed by atoms with E-state index in [0.717, 1.165) is 0 Å². The maximum Gasteiger partial charge on any atom is 0.337 e. The number of carboxylic acids is 1. The zero-order chi connectivity index (χ0) is 21.5. The molecule has 0 radical (unpaired) electrons. The Bertz CT molecular complexity index is 1120. The lowest BCUT2D eigenvalue weighted by atomic mass is 10.1. The van der Waals surface area contributed by atoms with Gasteiger partial charge in [-0.1, -0.05) is 48.5 Å². The number of phenolic OH excluding ortho intramolecular Hbond substituents is 1. The van der Waals surface area contributed by atoms with Gasteiger partial charge in [0, 0.05) is 11.1 Å². The van der Waals surface area contributed by atoms with Crippen LogP contribution in [-0.2, 0) is 4.79 Å². The van der Waals surface area contributed by atoms with Crippen LogP contribution in [0.25, 0.3) is 6.08 Å². The van der Waals surface area contributed by atoms with Gasteiger partial charge < -0.3 is 20.8 Å². The summed E-state index contributed by atoms with van der Waals surface area (Å²) < 4.78 is 0. The molecule has 0 unspecified atom stereocenters. The van der Waals surface area contributed by atoms with Crippen LogP contribution >= 0.6 is 0 Å². The molecule has 0 heterocycles. The van der Waals surface area contributed by atoms with E-state index in [9.17, 15) is 24.6 Å². The van der Waals surface area contributed by atoms with Crippen molar-refractivity contribution in [2.75, 3.05) is 5.32 Å². The van der Waals surface area contributed by atoms with Crippen molar-refractivity contribution >= 4 is 29.5 Å². The summed E-state index contributed by atoms with van der Waals surface area (Å²) in [5.41, 5.74) is 0.460. The van der Waals surface area contributed by atoms with Gasteiger partial charge in [0.1, 0.15) is 11.4 Å². The van der Waals surface area contributed by atoms with Crippen LogP contribution < -0.4 is 10.6 Å². The molecule has 0 saturated heterocycles. The highest BCUT2D eigenvalue weighted by Crippen LogP contribution is 2.20. The van der Waals surface area contributed by atoms with Gasteiger partial charge in [-0.15, -0.1) is 0 Å². The van der Waals surface area contributed by atoms with Gasteiger partial charge in [0.05, 0.1) is 11.3 Å². The Morgan fingerprint density at radius 1 is 0.800 bits per heavy atom. The summed E-state index contributed by atoms with van der Waals surface area (Å²) in [5, 5.41) is 24.4. The summed E-state index contributed by atoms with van der Waals surface area (Å²) in [6.45, 7) is 0. The van der Waals surface area contributed by atoms with Crippen LogP contribution in [-0.4, -0.2) is 28.0 Å². The SMILES string of the molecule is O=C(Nc1ccccc1C(=O)O)/C(=C\c1ccccc1O)NC(=O)c1ccccc1. The summed E-state index contributed by atoms with van der Waals surface area (Å²) in [4.78, 5) is 36.9. The van der Waals surface area contributed by atoms with E-state index >= 15 is 0 Å². The fourth-order valence-corrected chi connectivity index (χ4v) is 2.68. The summed E-state index contributed by atoms with van der Waals surface area (Å²) in [6, 6.07) is 20.5. The molecular weight excluding hydrogens is 384 g/mol. The highest BCUT2D eigenvalue weighted by atomic mass is 16.4. The molecule has 0 aliphatic heterocycles. The molecule has 30 heavy (non-hydrogen) atoms. The minimum atomic E-state index is -1.20. The Kier molecular flexibility index (Phi) is 6.24. The van der Waals surface area contributed by atoms with Crippen LogP contribution in [0.15, 0.2) is 84.6 Å². The van der Waals surface area contributed by atoms with E-state index in [2.05, 4.69) is 10.6 Å². The summed E-state index contributed by atoms with van der Waals surface area (Å²) >= 11 is 0. The lowest BCUT2D eigenvalue weighted by molar-refractivity contribution is -0.113. The summed E-state index contributed by atoms with van der Waals surface area (Å²) in [7, 11) is 0. The van der Waals surface area contributed by atoms with E-state index in [4.69, 9.17) is 0 Å². The predicted molar refractivity (Wildman–Crippen MR) is 112 cm³/mol. The molecule has 0 bridgehead atoms. The molecule has 3 aromatic rings.